The first-order valence-corrected chi connectivity index (χ1v) is 27.1. The Morgan fingerprint density at radius 2 is 0.852 bits per heavy atom. The fourth-order valence-electron chi connectivity index (χ4n) is 8.32. The van der Waals surface area contributed by atoms with Crippen molar-refractivity contribution in [2.24, 2.45) is 0 Å². The number of aliphatic hydroxyl groups is 2. The maximum atomic E-state index is 12.5. The van der Waals surface area contributed by atoms with E-state index in [0.29, 0.717) is 25.9 Å². The van der Waals surface area contributed by atoms with Crippen LogP contribution in [0, 0.1) is 0 Å². The monoisotopic (exact) mass is 860 g/mol. The Labute approximate surface area is 380 Å². The molecule has 0 heterocycles. The molecule has 0 rings (SSSR count). The summed E-state index contributed by atoms with van der Waals surface area (Å²) in [6, 6.07) is -0.552. The van der Waals surface area contributed by atoms with Crippen LogP contribution in [-0.2, 0) is 14.3 Å². The van der Waals surface area contributed by atoms with E-state index in [9.17, 15) is 19.8 Å². The Morgan fingerprint density at radius 1 is 0.459 bits per heavy atom. The minimum absolute atomic E-state index is 0.0204. The number of amides is 1. The molecule has 1 amide bonds. The first-order chi connectivity index (χ1) is 30.0. The van der Waals surface area contributed by atoms with Crippen molar-refractivity contribution in [3.8, 4) is 0 Å². The second-order valence-corrected chi connectivity index (χ2v) is 18.6. The molecule has 0 saturated carbocycles. The van der Waals surface area contributed by atoms with Gasteiger partial charge in [-0.3, -0.25) is 9.59 Å². The van der Waals surface area contributed by atoms with E-state index in [4.69, 9.17) is 4.74 Å². The van der Waals surface area contributed by atoms with Crippen molar-refractivity contribution in [1.82, 2.24) is 5.32 Å². The lowest BCUT2D eigenvalue weighted by atomic mass is 10.0. The summed E-state index contributed by atoms with van der Waals surface area (Å²) in [6.07, 6.45) is 60.0. The van der Waals surface area contributed by atoms with Crippen LogP contribution < -0.4 is 5.32 Å². The lowest BCUT2D eigenvalue weighted by molar-refractivity contribution is -0.143. The van der Waals surface area contributed by atoms with Crippen LogP contribution in [0.1, 0.15) is 290 Å². The van der Waals surface area contributed by atoms with Gasteiger partial charge in [-0.05, 0) is 51.4 Å². The Kier molecular flexibility index (Phi) is 49.6. The quantitative estimate of drug-likeness (QED) is 0.0322. The number of allylic oxidation sites excluding steroid dienone is 4. The Balaban J connectivity index is 3.46. The highest BCUT2D eigenvalue weighted by molar-refractivity contribution is 5.76. The summed E-state index contributed by atoms with van der Waals surface area (Å²) >= 11 is 0. The molecule has 0 radical (unpaired) electrons. The zero-order valence-corrected chi connectivity index (χ0v) is 40.9. The molecule has 6 heteroatoms. The van der Waals surface area contributed by atoms with Crippen LogP contribution in [0.25, 0.3) is 0 Å². The number of esters is 1. The molecule has 0 saturated heterocycles. The summed E-state index contributed by atoms with van der Waals surface area (Å²) in [5.74, 6) is -0.0673. The van der Waals surface area contributed by atoms with Crippen molar-refractivity contribution >= 4 is 11.9 Å². The highest BCUT2D eigenvalue weighted by Crippen LogP contribution is 2.17. The van der Waals surface area contributed by atoms with Gasteiger partial charge in [0.15, 0.2) is 0 Å². The van der Waals surface area contributed by atoms with Crippen molar-refractivity contribution in [2.75, 3.05) is 13.2 Å². The minimum atomic E-state index is -0.673. The van der Waals surface area contributed by atoms with E-state index >= 15 is 0 Å². The van der Waals surface area contributed by atoms with Gasteiger partial charge in [0.05, 0.1) is 25.4 Å². The largest absolute Gasteiger partial charge is 0.466 e. The molecule has 2 atom stereocenters. The molecule has 0 aliphatic carbocycles. The summed E-state index contributed by atoms with van der Waals surface area (Å²) in [6.45, 7) is 4.86. The van der Waals surface area contributed by atoms with Crippen LogP contribution in [0.3, 0.4) is 0 Å². The van der Waals surface area contributed by atoms with Gasteiger partial charge in [-0.25, -0.2) is 0 Å². The summed E-state index contributed by atoms with van der Waals surface area (Å²) < 4.78 is 5.45. The molecule has 61 heavy (non-hydrogen) atoms. The number of aliphatic hydroxyl groups excluding tert-OH is 2. The maximum Gasteiger partial charge on any atom is 0.305 e. The van der Waals surface area contributed by atoms with Gasteiger partial charge in [0.25, 0.3) is 0 Å². The third-order valence-electron chi connectivity index (χ3n) is 12.5. The first kappa shape index (κ1) is 59.3. The van der Waals surface area contributed by atoms with Crippen LogP contribution in [0.5, 0.6) is 0 Å². The lowest BCUT2D eigenvalue weighted by Crippen LogP contribution is -2.45. The zero-order valence-electron chi connectivity index (χ0n) is 40.9. The summed E-state index contributed by atoms with van der Waals surface area (Å²) in [5.41, 5.74) is 0. The van der Waals surface area contributed by atoms with Gasteiger partial charge in [-0.2, -0.15) is 0 Å². The SMILES string of the molecule is CCC/C=C\C/C=C\CCCCCCCC(=O)OCCCCCCCCCCCCCCCC(=O)NC(CO)C(O)CCCCCCCCCCCCCCCCCCCC. The van der Waals surface area contributed by atoms with Crippen molar-refractivity contribution in [3.63, 3.8) is 0 Å². The molecule has 0 aromatic rings. The van der Waals surface area contributed by atoms with E-state index in [1.54, 1.807) is 0 Å². The van der Waals surface area contributed by atoms with E-state index in [-0.39, 0.29) is 18.5 Å². The van der Waals surface area contributed by atoms with Gasteiger partial charge in [0.2, 0.25) is 5.91 Å². The predicted octanol–water partition coefficient (Wildman–Crippen LogP) is 16.3. The third kappa shape index (κ3) is 47.7. The molecule has 0 spiro atoms. The zero-order chi connectivity index (χ0) is 44.4. The second kappa shape index (κ2) is 51.0. The van der Waals surface area contributed by atoms with E-state index in [1.165, 1.54) is 193 Å². The highest BCUT2D eigenvalue weighted by Gasteiger charge is 2.20. The van der Waals surface area contributed by atoms with E-state index in [2.05, 4.69) is 43.5 Å². The highest BCUT2D eigenvalue weighted by atomic mass is 16.5. The van der Waals surface area contributed by atoms with E-state index in [0.717, 1.165) is 64.2 Å². The summed E-state index contributed by atoms with van der Waals surface area (Å²) in [7, 11) is 0. The number of hydrogen-bond donors (Lipinski definition) is 3. The van der Waals surface area contributed by atoms with E-state index in [1.807, 2.05) is 0 Å². The van der Waals surface area contributed by atoms with Crippen molar-refractivity contribution in [1.29, 1.82) is 0 Å². The average molecular weight is 860 g/mol. The number of rotatable bonds is 50. The fraction of sp³-hybridized carbons (Fsp3) is 0.891. The molecule has 360 valence electrons. The molecular formula is C55H105NO5. The Morgan fingerprint density at radius 3 is 1.31 bits per heavy atom. The smallest absolute Gasteiger partial charge is 0.305 e. The molecule has 0 aromatic carbocycles. The van der Waals surface area contributed by atoms with Gasteiger partial charge >= 0.3 is 5.97 Å². The Hall–Kier alpha value is -1.66. The van der Waals surface area contributed by atoms with Crippen molar-refractivity contribution < 1.29 is 24.5 Å². The molecule has 0 aliphatic heterocycles. The number of ether oxygens (including phenoxy) is 1. The van der Waals surface area contributed by atoms with Crippen LogP contribution in [0.15, 0.2) is 24.3 Å². The average Bonchev–Trinajstić information content (AvgIpc) is 3.26. The molecular weight excluding hydrogens is 755 g/mol. The molecule has 0 bridgehead atoms. The third-order valence-corrected chi connectivity index (χ3v) is 12.5. The van der Waals surface area contributed by atoms with E-state index < -0.39 is 12.1 Å². The van der Waals surface area contributed by atoms with Crippen LogP contribution >= 0.6 is 0 Å². The van der Waals surface area contributed by atoms with Gasteiger partial charge in [0, 0.05) is 12.8 Å². The standard InChI is InChI=1S/C55H105NO5/c1-3-5-7-9-11-13-15-17-18-19-20-21-24-27-31-35-39-43-47-53(58)52(51-57)56-54(59)48-44-40-36-32-28-25-22-26-30-34-38-42-46-50-61-55(60)49-45-41-37-33-29-23-16-14-12-10-8-6-4-2/h8,10,14,16,52-53,57-58H,3-7,9,11-13,15,17-51H2,1-2H3,(H,56,59)/b10-8-,16-14-. The molecule has 0 aromatic heterocycles. The molecule has 0 fully saturated rings. The molecule has 3 N–H and O–H groups in total. The first-order valence-electron chi connectivity index (χ1n) is 27.1. The van der Waals surface area contributed by atoms with Crippen molar-refractivity contribution in [3.05, 3.63) is 24.3 Å². The molecule has 6 nitrogen and oxygen atoms in total. The van der Waals surface area contributed by atoms with Gasteiger partial charge in [0.1, 0.15) is 0 Å². The van der Waals surface area contributed by atoms with Crippen molar-refractivity contribution in [2.45, 2.75) is 302 Å². The van der Waals surface area contributed by atoms with Gasteiger partial charge in [-0.15, -0.1) is 0 Å². The predicted molar refractivity (Wildman–Crippen MR) is 264 cm³/mol. The number of hydrogen-bond acceptors (Lipinski definition) is 5. The summed E-state index contributed by atoms with van der Waals surface area (Å²) in [5, 5.41) is 23.3. The topological polar surface area (TPSA) is 95.9 Å². The minimum Gasteiger partial charge on any atom is -0.466 e. The van der Waals surface area contributed by atoms with Crippen LogP contribution in [0.2, 0.25) is 0 Å². The molecule has 0 aliphatic rings. The number of nitrogens with one attached hydrogen (secondary N) is 1. The lowest BCUT2D eigenvalue weighted by Gasteiger charge is -2.22. The number of carbonyl (C=O) groups excluding carboxylic acids is 2. The normalized spacial score (nSPS) is 12.8. The van der Waals surface area contributed by atoms with Crippen LogP contribution in [-0.4, -0.2) is 47.4 Å². The molecule has 2 unspecified atom stereocenters. The fourth-order valence-corrected chi connectivity index (χ4v) is 8.32. The van der Waals surface area contributed by atoms with Gasteiger partial charge in [-0.1, -0.05) is 250 Å². The van der Waals surface area contributed by atoms with Gasteiger partial charge < -0.3 is 20.3 Å². The van der Waals surface area contributed by atoms with Crippen LogP contribution in [0.4, 0.5) is 0 Å². The maximum absolute atomic E-state index is 12.5. The number of carbonyl (C=O) groups is 2. The second-order valence-electron chi connectivity index (χ2n) is 18.6. The number of unbranched alkanes of at least 4 members (excludes halogenated alkanes) is 35. The Bertz CT molecular complexity index is 951. The summed E-state index contributed by atoms with van der Waals surface area (Å²) in [4.78, 5) is 24.5.